The van der Waals surface area contributed by atoms with Crippen LogP contribution in [-0.4, -0.2) is 4.57 Å². The second kappa shape index (κ2) is 18.1. The maximum atomic E-state index is 2.42. The number of hydrogen-bond donors (Lipinski definition) is 0. The fourth-order valence-electron chi connectivity index (χ4n) is 11.4. The van der Waals surface area contributed by atoms with Crippen LogP contribution in [0.25, 0.3) is 115 Å². The molecule has 14 rings (SSSR count). The first-order valence-corrected chi connectivity index (χ1v) is 25.5. The second-order valence-corrected chi connectivity index (χ2v) is 19.2. The Morgan fingerprint density at radius 3 is 1.22 bits per heavy atom. The Kier molecular flexibility index (Phi) is 10.6. The third-order valence-corrected chi connectivity index (χ3v) is 15.0. The lowest BCUT2D eigenvalue weighted by molar-refractivity contribution is 1.18. The number of hydrogen-bond acceptors (Lipinski definition) is 1. The van der Waals surface area contributed by atoms with Gasteiger partial charge in [0.1, 0.15) is 0 Å². The van der Waals surface area contributed by atoms with Gasteiger partial charge in [-0.25, -0.2) is 0 Å². The molecule has 2 heteroatoms. The first-order chi connectivity index (χ1) is 36.7. The average Bonchev–Trinajstić information content (AvgIpc) is 3.87. The molecule has 1 heterocycles. The van der Waals surface area contributed by atoms with Crippen molar-refractivity contribution in [2.75, 3.05) is 4.90 Å². The topological polar surface area (TPSA) is 8.17 Å². The van der Waals surface area contributed by atoms with Gasteiger partial charge < -0.3 is 9.47 Å². The molecular weight excluding hydrogens is 893 g/mol. The molecular formula is C72H48N2. The Labute approximate surface area is 430 Å². The van der Waals surface area contributed by atoms with Crippen molar-refractivity contribution >= 4 is 71.2 Å². The SMILES string of the molecule is c1ccc(-n2c3cccc(-c4cccc(N(c5ccc(-c6ccc(-c7cccc8ccccc78)cc6)cc5)c5ccc(-c6ccc(-c7cccc8ccccc78)cc6)cc5)c4)c3c3c4ccccc4ccc32)cc1. The van der Waals surface area contributed by atoms with Gasteiger partial charge in [-0.15, -0.1) is 0 Å². The van der Waals surface area contributed by atoms with Crippen LogP contribution in [0.15, 0.2) is 291 Å². The van der Waals surface area contributed by atoms with Gasteiger partial charge in [-0.05, 0) is 149 Å². The first-order valence-electron chi connectivity index (χ1n) is 25.5. The van der Waals surface area contributed by atoms with Crippen molar-refractivity contribution in [1.29, 1.82) is 0 Å². The highest BCUT2D eigenvalue weighted by molar-refractivity contribution is 6.25. The fourth-order valence-corrected chi connectivity index (χ4v) is 11.4. The van der Waals surface area contributed by atoms with E-state index >= 15 is 0 Å². The van der Waals surface area contributed by atoms with Gasteiger partial charge in [0.2, 0.25) is 0 Å². The number of anilines is 3. The molecule has 0 N–H and O–H groups in total. The van der Waals surface area contributed by atoms with Crippen LogP contribution >= 0.6 is 0 Å². The highest BCUT2D eigenvalue weighted by atomic mass is 15.1. The summed E-state index contributed by atoms with van der Waals surface area (Å²) in [6.45, 7) is 0. The Bertz CT molecular complexity index is 4200. The minimum Gasteiger partial charge on any atom is -0.310 e. The van der Waals surface area contributed by atoms with Gasteiger partial charge in [-0.2, -0.15) is 0 Å². The van der Waals surface area contributed by atoms with Crippen molar-refractivity contribution in [3.05, 3.63) is 291 Å². The average molecular weight is 941 g/mol. The van der Waals surface area contributed by atoms with E-state index in [9.17, 15) is 0 Å². The summed E-state index contributed by atoms with van der Waals surface area (Å²) < 4.78 is 2.42. The van der Waals surface area contributed by atoms with Crippen molar-refractivity contribution in [3.8, 4) is 61.3 Å². The largest absolute Gasteiger partial charge is 0.310 e. The van der Waals surface area contributed by atoms with Crippen LogP contribution in [0.5, 0.6) is 0 Å². The number of aromatic nitrogens is 1. The van der Waals surface area contributed by atoms with Gasteiger partial charge >= 0.3 is 0 Å². The number of nitrogens with zero attached hydrogens (tertiary/aromatic N) is 2. The molecule has 14 aromatic rings. The van der Waals surface area contributed by atoms with Crippen LogP contribution in [0.4, 0.5) is 17.1 Å². The van der Waals surface area contributed by atoms with E-state index in [2.05, 4.69) is 301 Å². The molecule has 0 bridgehead atoms. The molecule has 2 nitrogen and oxygen atoms in total. The molecule has 0 atom stereocenters. The molecule has 0 fully saturated rings. The molecule has 0 aliphatic rings. The van der Waals surface area contributed by atoms with Gasteiger partial charge in [0.25, 0.3) is 0 Å². The lowest BCUT2D eigenvalue weighted by Crippen LogP contribution is -2.10. The van der Waals surface area contributed by atoms with Gasteiger partial charge in [0.15, 0.2) is 0 Å². The van der Waals surface area contributed by atoms with E-state index in [1.165, 1.54) is 104 Å². The molecule has 74 heavy (non-hydrogen) atoms. The third kappa shape index (κ3) is 7.52. The zero-order chi connectivity index (χ0) is 49.0. The first kappa shape index (κ1) is 43.1. The van der Waals surface area contributed by atoms with Crippen LogP contribution in [-0.2, 0) is 0 Å². The lowest BCUT2D eigenvalue weighted by Gasteiger charge is -2.26. The van der Waals surface area contributed by atoms with Gasteiger partial charge in [0.05, 0.1) is 11.0 Å². The van der Waals surface area contributed by atoms with E-state index in [0.29, 0.717) is 0 Å². The Morgan fingerprint density at radius 1 is 0.230 bits per heavy atom. The molecule has 13 aromatic carbocycles. The molecule has 0 spiro atoms. The van der Waals surface area contributed by atoms with Crippen molar-refractivity contribution in [1.82, 2.24) is 4.57 Å². The lowest BCUT2D eigenvalue weighted by atomic mass is 9.95. The van der Waals surface area contributed by atoms with Crippen LogP contribution in [0.2, 0.25) is 0 Å². The highest BCUT2D eigenvalue weighted by Gasteiger charge is 2.20. The predicted molar refractivity (Wildman–Crippen MR) is 315 cm³/mol. The van der Waals surface area contributed by atoms with E-state index in [4.69, 9.17) is 0 Å². The number of rotatable bonds is 9. The summed E-state index contributed by atoms with van der Waals surface area (Å²) >= 11 is 0. The molecule has 346 valence electrons. The monoisotopic (exact) mass is 940 g/mol. The minimum atomic E-state index is 1.08. The fraction of sp³-hybridized carbons (Fsp3) is 0. The number of benzene rings is 13. The quantitative estimate of drug-likeness (QED) is 0.140. The second-order valence-electron chi connectivity index (χ2n) is 19.2. The van der Waals surface area contributed by atoms with Gasteiger partial charge in [-0.1, -0.05) is 231 Å². The number of fused-ring (bicyclic) bond motifs is 7. The Balaban J connectivity index is 0.867. The van der Waals surface area contributed by atoms with Crippen molar-refractivity contribution < 1.29 is 0 Å². The molecule has 0 aliphatic carbocycles. The van der Waals surface area contributed by atoms with Crippen LogP contribution < -0.4 is 4.90 Å². The summed E-state index contributed by atoms with van der Waals surface area (Å²) in [7, 11) is 0. The van der Waals surface area contributed by atoms with Gasteiger partial charge in [0, 0.05) is 33.5 Å². The molecule has 0 saturated carbocycles. The third-order valence-electron chi connectivity index (χ3n) is 15.0. The van der Waals surface area contributed by atoms with E-state index in [-0.39, 0.29) is 0 Å². The molecule has 0 aliphatic heterocycles. The molecule has 0 unspecified atom stereocenters. The summed E-state index contributed by atoms with van der Waals surface area (Å²) in [5.74, 6) is 0. The van der Waals surface area contributed by atoms with Crippen LogP contribution in [0.3, 0.4) is 0 Å². The van der Waals surface area contributed by atoms with Crippen molar-refractivity contribution in [2.24, 2.45) is 0 Å². The minimum absolute atomic E-state index is 1.08. The molecule has 0 saturated heterocycles. The summed E-state index contributed by atoms with van der Waals surface area (Å²) in [6.07, 6.45) is 0. The smallest absolute Gasteiger partial charge is 0.0547 e. The van der Waals surface area contributed by atoms with E-state index in [1.54, 1.807) is 0 Å². The Morgan fingerprint density at radius 2 is 0.649 bits per heavy atom. The summed E-state index contributed by atoms with van der Waals surface area (Å²) in [4.78, 5) is 2.40. The van der Waals surface area contributed by atoms with E-state index < -0.39 is 0 Å². The zero-order valence-corrected chi connectivity index (χ0v) is 40.6. The summed E-state index contributed by atoms with van der Waals surface area (Å²) in [5.41, 5.74) is 18.7. The highest BCUT2D eigenvalue weighted by Crippen LogP contribution is 2.44. The van der Waals surface area contributed by atoms with Crippen molar-refractivity contribution in [2.45, 2.75) is 0 Å². The van der Waals surface area contributed by atoms with Crippen molar-refractivity contribution in [3.63, 3.8) is 0 Å². The summed E-state index contributed by atoms with van der Waals surface area (Å²) in [6, 6.07) is 106. The summed E-state index contributed by atoms with van der Waals surface area (Å²) in [5, 5.41) is 10.0. The molecule has 0 radical (unpaired) electrons. The normalized spacial score (nSPS) is 11.5. The standard InChI is InChI=1S/C72H48N2/c1-2-20-59(21-3-1)74-69-29-13-28-68(72(69)71-67-25-9-6-16-55(67)42-47-70(71)74)58-19-10-22-62(48-58)73(60-43-38-51(39-44-60)49-30-34-56(35-31-49)65-26-11-17-53-14-4-7-23-63(53)65)61-45-40-52(41-46-61)50-32-36-57(37-33-50)66-27-12-18-54-15-5-8-24-64(54)66/h1-48H. The van der Waals surface area contributed by atoms with Gasteiger partial charge in [-0.3, -0.25) is 0 Å². The van der Waals surface area contributed by atoms with E-state index in [1.807, 2.05) is 0 Å². The predicted octanol–water partition coefficient (Wildman–Crippen LogP) is 20.0. The molecule has 1 aromatic heterocycles. The maximum Gasteiger partial charge on any atom is 0.0547 e. The maximum absolute atomic E-state index is 2.42. The van der Waals surface area contributed by atoms with E-state index in [0.717, 1.165) is 28.3 Å². The van der Waals surface area contributed by atoms with Crippen LogP contribution in [0, 0.1) is 0 Å². The van der Waals surface area contributed by atoms with Crippen LogP contribution in [0.1, 0.15) is 0 Å². The Hall–Kier alpha value is -9.76. The number of para-hydroxylation sites is 1. The zero-order valence-electron chi connectivity index (χ0n) is 40.6. The molecule has 0 amide bonds.